The van der Waals surface area contributed by atoms with E-state index in [0.717, 1.165) is 11.3 Å². The van der Waals surface area contributed by atoms with Gasteiger partial charge in [0.2, 0.25) is 0 Å². The summed E-state index contributed by atoms with van der Waals surface area (Å²) in [6, 6.07) is 11.7. The lowest BCUT2D eigenvalue weighted by Crippen LogP contribution is -2.38. The van der Waals surface area contributed by atoms with E-state index in [1.807, 2.05) is 25.1 Å². The molecular formula is C16H19NO3S2. The normalized spacial score (nSPS) is 18.4. The maximum absolute atomic E-state index is 12.5. The lowest BCUT2D eigenvalue weighted by atomic mass is 9.99. The highest BCUT2D eigenvalue weighted by atomic mass is 32.2. The molecule has 4 nitrogen and oxygen atoms in total. The fourth-order valence-electron chi connectivity index (χ4n) is 2.62. The highest BCUT2D eigenvalue weighted by Crippen LogP contribution is 2.25. The van der Waals surface area contributed by atoms with Crippen LogP contribution in [0.15, 0.2) is 40.6 Å². The average Bonchev–Trinajstić information content (AvgIpc) is 2.94. The van der Waals surface area contributed by atoms with Gasteiger partial charge in [-0.25, -0.2) is 8.42 Å². The van der Waals surface area contributed by atoms with Crippen LogP contribution in [0.4, 0.5) is 0 Å². The predicted molar refractivity (Wildman–Crippen MR) is 87.6 cm³/mol. The minimum absolute atomic E-state index is 0.101. The molecule has 0 N–H and O–H groups in total. The van der Waals surface area contributed by atoms with Crippen LogP contribution in [0.25, 0.3) is 0 Å². The molecule has 22 heavy (non-hydrogen) atoms. The van der Waals surface area contributed by atoms with Crippen LogP contribution in [-0.2, 0) is 27.8 Å². The van der Waals surface area contributed by atoms with Crippen LogP contribution in [-0.4, -0.2) is 32.4 Å². The van der Waals surface area contributed by atoms with Gasteiger partial charge in [0.25, 0.3) is 10.0 Å². The molecule has 0 amide bonds. The SMILES string of the molecule is Cc1ccc(S(=O)(=O)N(C)CC2Cc3ccccc3CO2)s1. The summed E-state index contributed by atoms with van der Waals surface area (Å²) >= 11 is 1.30. The first kappa shape index (κ1) is 15.7. The lowest BCUT2D eigenvalue weighted by molar-refractivity contribution is 0.0202. The standard InChI is InChI=1S/C16H19NO3S2/c1-12-7-8-16(21-12)22(18,19)17(2)10-15-9-13-5-3-4-6-14(13)11-20-15/h3-8,15H,9-11H2,1-2H3. The number of sulfonamides is 1. The summed E-state index contributed by atoms with van der Waals surface area (Å²) in [6.07, 6.45) is 0.648. The number of benzene rings is 1. The second-order valence-electron chi connectivity index (χ2n) is 5.56. The minimum atomic E-state index is -3.42. The summed E-state index contributed by atoms with van der Waals surface area (Å²) in [7, 11) is -1.80. The third-order valence-corrected chi connectivity index (χ3v) is 7.17. The van der Waals surface area contributed by atoms with Gasteiger partial charge >= 0.3 is 0 Å². The zero-order valence-electron chi connectivity index (χ0n) is 12.7. The van der Waals surface area contributed by atoms with Crippen molar-refractivity contribution in [3.63, 3.8) is 0 Å². The van der Waals surface area contributed by atoms with Crippen LogP contribution in [0.3, 0.4) is 0 Å². The first-order chi connectivity index (χ1) is 10.5. The van der Waals surface area contributed by atoms with E-state index < -0.39 is 10.0 Å². The quantitative estimate of drug-likeness (QED) is 0.862. The molecule has 118 valence electrons. The molecule has 3 rings (SSSR count). The van der Waals surface area contributed by atoms with E-state index in [-0.39, 0.29) is 6.10 Å². The van der Waals surface area contributed by atoms with E-state index in [4.69, 9.17) is 4.74 Å². The molecule has 1 aromatic carbocycles. The Bertz CT molecular complexity index is 767. The fraction of sp³-hybridized carbons (Fsp3) is 0.375. The second-order valence-corrected chi connectivity index (χ2v) is 9.12. The number of nitrogens with zero attached hydrogens (tertiary/aromatic N) is 1. The molecule has 0 spiro atoms. The first-order valence-electron chi connectivity index (χ1n) is 7.18. The summed E-state index contributed by atoms with van der Waals surface area (Å²) in [4.78, 5) is 0.995. The van der Waals surface area contributed by atoms with Gasteiger partial charge in [0.1, 0.15) is 4.21 Å². The van der Waals surface area contributed by atoms with Crippen molar-refractivity contribution in [3.05, 3.63) is 52.4 Å². The largest absolute Gasteiger partial charge is 0.372 e. The van der Waals surface area contributed by atoms with Gasteiger partial charge in [-0.15, -0.1) is 11.3 Å². The Kier molecular flexibility index (Phi) is 4.36. The van der Waals surface area contributed by atoms with Crippen molar-refractivity contribution in [2.75, 3.05) is 13.6 Å². The number of ether oxygens (including phenoxy) is 1. The number of thiophene rings is 1. The molecule has 1 aromatic heterocycles. The van der Waals surface area contributed by atoms with Gasteiger partial charge in [-0.3, -0.25) is 0 Å². The van der Waals surface area contributed by atoms with Crippen molar-refractivity contribution in [2.45, 2.75) is 30.3 Å². The Balaban J connectivity index is 1.71. The summed E-state index contributed by atoms with van der Waals surface area (Å²) < 4.78 is 32.7. The Hall–Kier alpha value is -1.21. The van der Waals surface area contributed by atoms with Crippen molar-refractivity contribution in [2.24, 2.45) is 0 Å². The van der Waals surface area contributed by atoms with Crippen LogP contribution >= 0.6 is 11.3 Å². The van der Waals surface area contributed by atoms with Crippen molar-refractivity contribution in [1.82, 2.24) is 4.31 Å². The molecule has 0 radical (unpaired) electrons. The molecule has 0 bridgehead atoms. The highest BCUT2D eigenvalue weighted by Gasteiger charge is 2.27. The molecular weight excluding hydrogens is 318 g/mol. The predicted octanol–water partition coefficient (Wildman–Crippen LogP) is 2.82. The summed E-state index contributed by atoms with van der Waals surface area (Å²) in [5.41, 5.74) is 2.44. The summed E-state index contributed by atoms with van der Waals surface area (Å²) in [5.74, 6) is 0. The third-order valence-electron chi connectivity index (χ3n) is 3.88. The summed E-state index contributed by atoms with van der Waals surface area (Å²) in [6.45, 7) is 2.82. The molecule has 0 saturated carbocycles. The fourth-order valence-corrected chi connectivity index (χ4v) is 5.31. The Morgan fingerprint density at radius 2 is 1.95 bits per heavy atom. The number of hydrogen-bond acceptors (Lipinski definition) is 4. The molecule has 0 fully saturated rings. The van der Waals surface area contributed by atoms with Crippen molar-refractivity contribution >= 4 is 21.4 Å². The maximum Gasteiger partial charge on any atom is 0.252 e. The number of likely N-dealkylation sites (N-methyl/N-ethyl adjacent to an activating group) is 1. The molecule has 0 saturated heterocycles. The van der Waals surface area contributed by atoms with E-state index in [9.17, 15) is 8.42 Å². The van der Waals surface area contributed by atoms with Gasteiger partial charge in [-0.1, -0.05) is 24.3 Å². The molecule has 1 atom stereocenters. The lowest BCUT2D eigenvalue weighted by Gasteiger charge is -2.28. The van der Waals surface area contributed by atoms with E-state index in [1.165, 1.54) is 26.8 Å². The smallest absolute Gasteiger partial charge is 0.252 e. The van der Waals surface area contributed by atoms with Crippen LogP contribution in [0.2, 0.25) is 0 Å². The molecule has 1 aliphatic heterocycles. The highest BCUT2D eigenvalue weighted by molar-refractivity contribution is 7.91. The zero-order chi connectivity index (χ0) is 15.7. The number of hydrogen-bond donors (Lipinski definition) is 0. The van der Waals surface area contributed by atoms with E-state index >= 15 is 0 Å². The molecule has 2 heterocycles. The molecule has 6 heteroatoms. The zero-order valence-corrected chi connectivity index (χ0v) is 14.3. The van der Waals surface area contributed by atoms with Crippen molar-refractivity contribution in [1.29, 1.82) is 0 Å². The van der Waals surface area contributed by atoms with Crippen molar-refractivity contribution < 1.29 is 13.2 Å². The van der Waals surface area contributed by atoms with Gasteiger partial charge in [0, 0.05) is 24.9 Å². The van der Waals surface area contributed by atoms with Gasteiger partial charge in [0.05, 0.1) is 12.7 Å². The van der Waals surface area contributed by atoms with Gasteiger partial charge in [-0.2, -0.15) is 4.31 Å². The van der Waals surface area contributed by atoms with E-state index in [2.05, 4.69) is 12.1 Å². The Morgan fingerprint density at radius 3 is 2.64 bits per heavy atom. The second kappa shape index (κ2) is 6.12. The molecule has 0 aliphatic carbocycles. The van der Waals surface area contributed by atoms with Crippen LogP contribution in [0, 0.1) is 6.92 Å². The van der Waals surface area contributed by atoms with Crippen molar-refractivity contribution in [3.8, 4) is 0 Å². The van der Waals surface area contributed by atoms with E-state index in [0.29, 0.717) is 17.4 Å². The molecule has 2 aromatic rings. The third kappa shape index (κ3) is 3.10. The monoisotopic (exact) mass is 337 g/mol. The van der Waals surface area contributed by atoms with Gasteiger partial charge in [-0.05, 0) is 30.2 Å². The number of rotatable bonds is 4. The number of aryl methyl sites for hydroxylation is 1. The number of fused-ring (bicyclic) bond motifs is 1. The average molecular weight is 337 g/mol. The van der Waals surface area contributed by atoms with Gasteiger partial charge < -0.3 is 4.74 Å². The van der Waals surface area contributed by atoms with Gasteiger partial charge in [0.15, 0.2) is 0 Å². The molecule has 1 aliphatic rings. The summed E-state index contributed by atoms with van der Waals surface area (Å²) in [5, 5.41) is 0. The van der Waals surface area contributed by atoms with Crippen LogP contribution in [0.1, 0.15) is 16.0 Å². The van der Waals surface area contributed by atoms with E-state index in [1.54, 1.807) is 13.1 Å². The first-order valence-corrected chi connectivity index (χ1v) is 9.43. The van der Waals surface area contributed by atoms with Crippen LogP contribution in [0.5, 0.6) is 0 Å². The Morgan fingerprint density at radius 1 is 1.23 bits per heavy atom. The molecule has 1 unspecified atom stereocenters. The Labute approximate surface area is 135 Å². The van der Waals surface area contributed by atoms with Crippen LogP contribution < -0.4 is 0 Å². The maximum atomic E-state index is 12.5. The topological polar surface area (TPSA) is 46.6 Å². The minimum Gasteiger partial charge on any atom is -0.372 e.